The van der Waals surface area contributed by atoms with E-state index in [0.29, 0.717) is 0 Å². The summed E-state index contributed by atoms with van der Waals surface area (Å²) in [5, 5.41) is 3.17. The molecule has 60 valence electrons. The van der Waals surface area contributed by atoms with E-state index in [9.17, 15) is 0 Å². The summed E-state index contributed by atoms with van der Waals surface area (Å²) < 4.78 is 0. The average Bonchev–Trinajstić information content (AvgIpc) is 1.89. The summed E-state index contributed by atoms with van der Waals surface area (Å²) >= 11 is 0. The minimum Gasteiger partial charge on any atom is -0.319 e. The summed E-state index contributed by atoms with van der Waals surface area (Å²) in [5.74, 6) is 0.810. The van der Waals surface area contributed by atoms with Crippen molar-refractivity contribution in [1.82, 2.24) is 5.32 Å². The molecular formula is C9H19N. The first-order valence-corrected chi connectivity index (χ1v) is 4.06. The van der Waals surface area contributed by atoms with Crippen molar-refractivity contribution in [2.24, 2.45) is 5.92 Å². The van der Waals surface area contributed by atoms with Gasteiger partial charge in [0.05, 0.1) is 0 Å². The van der Waals surface area contributed by atoms with Crippen molar-refractivity contribution in [1.29, 1.82) is 0 Å². The van der Waals surface area contributed by atoms with Gasteiger partial charge in [-0.05, 0) is 38.8 Å². The van der Waals surface area contributed by atoms with Gasteiger partial charge < -0.3 is 5.32 Å². The van der Waals surface area contributed by atoms with E-state index in [1.54, 1.807) is 0 Å². The minimum absolute atomic E-state index is 0.810. The standard InChI is InChI=1S/C9H19N/c1-4-5-6-7-9(2)8-10-3/h4,9-10H,1,5-8H2,2-3H3. The van der Waals surface area contributed by atoms with Gasteiger partial charge in [0.1, 0.15) is 0 Å². The molecule has 1 unspecified atom stereocenters. The second kappa shape index (κ2) is 6.81. The van der Waals surface area contributed by atoms with Crippen LogP contribution in [0.3, 0.4) is 0 Å². The number of allylic oxidation sites excluding steroid dienone is 1. The Balaban J connectivity index is 3.04. The molecule has 0 bridgehead atoms. The third-order valence-electron chi connectivity index (χ3n) is 1.66. The molecule has 1 heteroatoms. The molecule has 0 heterocycles. The Morgan fingerprint density at radius 3 is 2.80 bits per heavy atom. The summed E-state index contributed by atoms with van der Waals surface area (Å²) in [7, 11) is 2.00. The van der Waals surface area contributed by atoms with E-state index >= 15 is 0 Å². The molecule has 0 aromatic rings. The lowest BCUT2D eigenvalue weighted by Gasteiger charge is -2.08. The van der Waals surface area contributed by atoms with Crippen LogP contribution < -0.4 is 5.32 Å². The first-order chi connectivity index (χ1) is 4.81. The van der Waals surface area contributed by atoms with Gasteiger partial charge in [0, 0.05) is 0 Å². The number of rotatable bonds is 6. The molecule has 0 saturated carbocycles. The summed E-state index contributed by atoms with van der Waals surface area (Å²) in [5.41, 5.74) is 0. The second-order valence-corrected chi connectivity index (χ2v) is 2.88. The fourth-order valence-electron chi connectivity index (χ4n) is 1.06. The molecule has 1 atom stereocenters. The first-order valence-electron chi connectivity index (χ1n) is 4.06. The van der Waals surface area contributed by atoms with Gasteiger partial charge >= 0.3 is 0 Å². The fourth-order valence-corrected chi connectivity index (χ4v) is 1.06. The van der Waals surface area contributed by atoms with Crippen molar-refractivity contribution in [3.8, 4) is 0 Å². The van der Waals surface area contributed by atoms with E-state index in [1.165, 1.54) is 12.8 Å². The van der Waals surface area contributed by atoms with Gasteiger partial charge in [0.2, 0.25) is 0 Å². The Morgan fingerprint density at radius 2 is 2.30 bits per heavy atom. The second-order valence-electron chi connectivity index (χ2n) is 2.88. The summed E-state index contributed by atoms with van der Waals surface area (Å²) in [6, 6.07) is 0. The van der Waals surface area contributed by atoms with Crippen LogP contribution in [0.1, 0.15) is 26.2 Å². The topological polar surface area (TPSA) is 12.0 Å². The smallest absolute Gasteiger partial charge is 0.00262 e. The zero-order chi connectivity index (χ0) is 7.82. The first kappa shape index (κ1) is 9.70. The van der Waals surface area contributed by atoms with Crippen molar-refractivity contribution in [3.05, 3.63) is 12.7 Å². The van der Waals surface area contributed by atoms with Crippen molar-refractivity contribution >= 4 is 0 Å². The molecule has 0 aliphatic heterocycles. The van der Waals surface area contributed by atoms with Crippen LogP contribution in [0.5, 0.6) is 0 Å². The SMILES string of the molecule is C=CCCCC(C)CNC. The highest BCUT2D eigenvalue weighted by atomic mass is 14.8. The number of nitrogens with one attached hydrogen (secondary N) is 1. The van der Waals surface area contributed by atoms with E-state index < -0.39 is 0 Å². The summed E-state index contributed by atoms with van der Waals surface area (Å²) in [6.07, 6.45) is 5.75. The lowest BCUT2D eigenvalue weighted by atomic mass is 10.0. The van der Waals surface area contributed by atoms with Crippen molar-refractivity contribution in [2.45, 2.75) is 26.2 Å². The zero-order valence-electron chi connectivity index (χ0n) is 7.19. The molecule has 0 aliphatic carbocycles. The predicted molar refractivity (Wildman–Crippen MR) is 47.1 cm³/mol. The molecule has 0 rings (SSSR count). The predicted octanol–water partition coefficient (Wildman–Crippen LogP) is 2.20. The van der Waals surface area contributed by atoms with Crippen LogP contribution in [-0.4, -0.2) is 13.6 Å². The van der Waals surface area contributed by atoms with E-state index in [2.05, 4.69) is 18.8 Å². The molecule has 0 aliphatic rings. The maximum absolute atomic E-state index is 3.69. The Labute approximate surface area is 64.5 Å². The average molecular weight is 141 g/mol. The van der Waals surface area contributed by atoms with E-state index in [1.807, 2.05) is 13.1 Å². The Morgan fingerprint density at radius 1 is 1.60 bits per heavy atom. The van der Waals surface area contributed by atoms with Crippen LogP contribution in [0.15, 0.2) is 12.7 Å². The van der Waals surface area contributed by atoms with Gasteiger partial charge in [-0.1, -0.05) is 13.0 Å². The molecule has 0 amide bonds. The van der Waals surface area contributed by atoms with Crippen LogP contribution in [0.25, 0.3) is 0 Å². The minimum atomic E-state index is 0.810. The molecule has 10 heavy (non-hydrogen) atoms. The van der Waals surface area contributed by atoms with Crippen LogP contribution in [0.2, 0.25) is 0 Å². The molecule has 0 radical (unpaired) electrons. The van der Waals surface area contributed by atoms with Crippen molar-refractivity contribution in [2.75, 3.05) is 13.6 Å². The van der Waals surface area contributed by atoms with Gasteiger partial charge in [-0.25, -0.2) is 0 Å². The maximum atomic E-state index is 3.69. The molecule has 0 fully saturated rings. The Kier molecular flexibility index (Phi) is 6.61. The van der Waals surface area contributed by atoms with Crippen LogP contribution >= 0.6 is 0 Å². The van der Waals surface area contributed by atoms with Crippen molar-refractivity contribution < 1.29 is 0 Å². The largest absolute Gasteiger partial charge is 0.319 e. The monoisotopic (exact) mass is 141 g/mol. The lowest BCUT2D eigenvalue weighted by molar-refractivity contribution is 0.489. The Bertz CT molecular complexity index is 78.8. The Hall–Kier alpha value is -0.300. The van der Waals surface area contributed by atoms with Gasteiger partial charge in [-0.3, -0.25) is 0 Å². The van der Waals surface area contributed by atoms with Gasteiger partial charge in [-0.15, -0.1) is 6.58 Å². The van der Waals surface area contributed by atoms with E-state index in [0.717, 1.165) is 18.9 Å². The lowest BCUT2D eigenvalue weighted by Crippen LogP contribution is -2.15. The third-order valence-corrected chi connectivity index (χ3v) is 1.66. The third kappa shape index (κ3) is 5.83. The van der Waals surface area contributed by atoms with Gasteiger partial charge in [0.15, 0.2) is 0 Å². The quantitative estimate of drug-likeness (QED) is 0.441. The number of hydrogen-bond donors (Lipinski definition) is 1. The number of unbranched alkanes of at least 4 members (excludes halogenated alkanes) is 1. The van der Waals surface area contributed by atoms with E-state index in [-0.39, 0.29) is 0 Å². The number of hydrogen-bond acceptors (Lipinski definition) is 1. The summed E-state index contributed by atoms with van der Waals surface area (Å²) in [6.45, 7) is 7.10. The molecule has 0 aromatic heterocycles. The maximum Gasteiger partial charge on any atom is -0.00262 e. The molecule has 0 spiro atoms. The molecule has 0 aromatic carbocycles. The van der Waals surface area contributed by atoms with Crippen molar-refractivity contribution in [3.63, 3.8) is 0 Å². The summed E-state index contributed by atoms with van der Waals surface area (Å²) in [4.78, 5) is 0. The molecule has 1 nitrogen and oxygen atoms in total. The van der Waals surface area contributed by atoms with Crippen LogP contribution in [0, 0.1) is 5.92 Å². The molecule has 1 N–H and O–H groups in total. The van der Waals surface area contributed by atoms with Gasteiger partial charge in [-0.2, -0.15) is 0 Å². The zero-order valence-corrected chi connectivity index (χ0v) is 7.19. The highest BCUT2D eigenvalue weighted by Crippen LogP contribution is 2.05. The highest BCUT2D eigenvalue weighted by Gasteiger charge is 1.97. The molecular weight excluding hydrogens is 122 g/mol. The molecule has 0 saturated heterocycles. The normalized spacial score (nSPS) is 13.0. The van der Waals surface area contributed by atoms with E-state index in [4.69, 9.17) is 0 Å². The van der Waals surface area contributed by atoms with Crippen LogP contribution in [-0.2, 0) is 0 Å². The van der Waals surface area contributed by atoms with Gasteiger partial charge in [0.25, 0.3) is 0 Å². The highest BCUT2D eigenvalue weighted by molar-refractivity contribution is 4.67. The van der Waals surface area contributed by atoms with Crippen LogP contribution in [0.4, 0.5) is 0 Å². The fraction of sp³-hybridized carbons (Fsp3) is 0.778.